The molecule has 2 aromatic rings. The highest BCUT2D eigenvalue weighted by atomic mass is 35.5. The van der Waals surface area contributed by atoms with Crippen LogP contribution in [0.4, 0.5) is 5.82 Å². The van der Waals surface area contributed by atoms with E-state index in [1.54, 1.807) is 13.1 Å². The molecule has 2 aromatic heterocycles. The Hall–Kier alpha value is -2.14. The summed E-state index contributed by atoms with van der Waals surface area (Å²) in [5, 5.41) is 6.04. The molecule has 0 saturated heterocycles. The van der Waals surface area contributed by atoms with Crippen LogP contribution in [-0.2, 0) is 6.54 Å². The van der Waals surface area contributed by atoms with Crippen LogP contribution >= 0.6 is 11.6 Å². The Kier molecular flexibility index (Phi) is 4.53. The van der Waals surface area contributed by atoms with Crippen molar-refractivity contribution < 1.29 is 4.79 Å². The summed E-state index contributed by atoms with van der Waals surface area (Å²) >= 11 is 5.99. The first-order valence-corrected chi connectivity index (χ1v) is 6.52. The van der Waals surface area contributed by atoms with Crippen LogP contribution < -0.4 is 10.6 Å². The van der Waals surface area contributed by atoms with Crippen molar-refractivity contribution in [2.45, 2.75) is 13.5 Å². The predicted octanol–water partition coefficient (Wildman–Crippen LogP) is 2.41. The molecule has 0 aromatic carbocycles. The number of nitrogens with one attached hydrogen (secondary N) is 2. The molecule has 6 heteroatoms. The van der Waals surface area contributed by atoms with E-state index in [4.69, 9.17) is 11.6 Å². The van der Waals surface area contributed by atoms with Gasteiger partial charge in [-0.2, -0.15) is 0 Å². The van der Waals surface area contributed by atoms with E-state index in [0.29, 0.717) is 22.9 Å². The third kappa shape index (κ3) is 3.45. The maximum Gasteiger partial charge on any atom is 0.253 e. The van der Waals surface area contributed by atoms with Gasteiger partial charge in [0.05, 0.1) is 22.8 Å². The number of aromatic nitrogens is 2. The van der Waals surface area contributed by atoms with Crippen LogP contribution in [0.3, 0.4) is 0 Å². The lowest BCUT2D eigenvalue weighted by atomic mass is 10.2. The first-order chi connectivity index (χ1) is 9.60. The number of amides is 1. The van der Waals surface area contributed by atoms with Crippen molar-refractivity contribution in [1.82, 2.24) is 15.3 Å². The van der Waals surface area contributed by atoms with Gasteiger partial charge in [-0.25, -0.2) is 4.98 Å². The number of carbonyl (C=O) groups excluding carboxylic acids is 1. The van der Waals surface area contributed by atoms with Crippen molar-refractivity contribution >= 4 is 23.3 Å². The number of hydrogen-bond acceptors (Lipinski definition) is 4. The van der Waals surface area contributed by atoms with E-state index in [2.05, 4.69) is 20.6 Å². The highest BCUT2D eigenvalue weighted by Gasteiger charge is 2.09. The van der Waals surface area contributed by atoms with Crippen molar-refractivity contribution in [3.05, 3.63) is 52.4 Å². The van der Waals surface area contributed by atoms with E-state index in [9.17, 15) is 4.79 Å². The van der Waals surface area contributed by atoms with Crippen LogP contribution in [-0.4, -0.2) is 22.9 Å². The summed E-state index contributed by atoms with van der Waals surface area (Å²) in [5.41, 5.74) is 2.14. The minimum absolute atomic E-state index is 0.231. The Bertz CT molecular complexity index is 630. The van der Waals surface area contributed by atoms with Crippen molar-refractivity contribution in [1.29, 1.82) is 0 Å². The van der Waals surface area contributed by atoms with Gasteiger partial charge in [-0.15, -0.1) is 0 Å². The molecule has 0 radical (unpaired) electrons. The molecule has 0 aliphatic rings. The van der Waals surface area contributed by atoms with Gasteiger partial charge >= 0.3 is 0 Å². The molecule has 5 nitrogen and oxygen atoms in total. The third-order valence-electron chi connectivity index (χ3n) is 2.72. The zero-order chi connectivity index (χ0) is 14.5. The second kappa shape index (κ2) is 6.34. The summed E-state index contributed by atoms with van der Waals surface area (Å²) in [4.78, 5) is 20.4. The van der Waals surface area contributed by atoms with Crippen LogP contribution in [0.15, 0.2) is 30.5 Å². The molecule has 2 heterocycles. The fourth-order valence-corrected chi connectivity index (χ4v) is 1.98. The molecule has 0 unspecified atom stereocenters. The summed E-state index contributed by atoms with van der Waals surface area (Å²) in [7, 11) is 1.72. The van der Waals surface area contributed by atoms with E-state index in [1.165, 1.54) is 6.20 Å². The van der Waals surface area contributed by atoms with Gasteiger partial charge in [0.2, 0.25) is 0 Å². The lowest BCUT2D eigenvalue weighted by Crippen LogP contribution is -2.23. The third-order valence-corrected chi connectivity index (χ3v) is 3.00. The number of hydrogen-bond donors (Lipinski definition) is 2. The molecule has 0 fully saturated rings. The zero-order valence-electron chi connectivity index (χ0n) is 11.3. The molecule has 0 bridgehead atoms. The summed E-state index contributed by atoms with van der Waals surface area (Å²) in [5.74, 6) is 0.314. The molecule has 0 aliphatic carbocycles. The number of carbonyl (C=O) groups is 1. The number of anilines is 1. The zero-order valence-corrected chi connectivity index (χ0v) is 12.0. The highest BCUT2D eigenvalue weighted by Crippen LogP contribution is 2.19. The average molecular weight is 291 g/mol. The molecule has 1 amide bonds. The molecular formula is C14H15ClN4O. The van der Waals surface area contributed by atoms with Gasteiger partial charge in [-0.1, -0.05) is 17.7 Å². The molecule has 0 spiro atoms. The monoisotopic (exact) mass is 290 g/mol. The summed E-state index contributed by atoms with van der Waals surface area (Å²) < 4.78 is 0. The lowest BCUT2D eigenvalue weighted by Gasteiger charge is -2.07. The van der Waals surface area contributed by atoms with Gasteiger partial charge in [-0.3, -0.25) is 9.78 Å². The highest BCUT2D eigenvalue weighted by molar-refractivity contribution is 6.33. The molecule has 104 valence electrons. The van der Waals surface area contributed by atoms with Gasteiger partial charge in [-0.05, 0) is 25.1 Å². The van der Waals surface area contributed by atoms with Crippen LogP contribution in [0.2, 0.25) is 5.02 Å². The fourth-order valence-electron chi connectivity index (χ4n) is 1.72. The SMILES string of the molecule is CNc1ncc(C(=O)NCc2cccc(C)n2)cc1Cl. The van der Waals surface area contributed by atoms with Gasteiger partial charge in [0, 0.05) is 18.9 Å². The number of rotatable bonds is 4. The van der Waals surface area contributed by atoms with Crippen LogP contribution in [0.25, 0.3) is 0 Å². The number of pyridine rings is 2. The molecule has 2 N–H and O–H groups in total. The van der Waals surface area contributed by atoms with Crippen LogP contribution in [0.1, 0.15) is 21.7 Å². The summed E-state index contributed by atoms with van der Waals surface area (Å²) in [6, 6.07) is 7.26. The molecular weight excluding hydrogens is 276 g/mol. The summed E-state index contributed by atoms with van der Waals surface area (Å²) in [6.07, 6.45) is 1.48. The quantitative estimate of drug-likeness (QED) is 0.907. The van der Waals surface area contributed by atoms with E-state index in [1.807, 2.05) is 25.1 Å². The standard InChI is InChI=1S/C14H15ClN4O/c1-9-4-3-5-11(19-9)8-18-14(20)10-6-12(15)13(16-2)17-7-10/h3-7H,8H2,1-2H3,(H,16,17)(H,18,20). The molecule has 20 heavy (non-hydrogen) atoms. The van der Waals surface area contributed by atoms with Crippen LogP contribution in [0.5, 0.6) is 0 Å². The van der Waals surface area contributed by atoms with E-state index >= 15 is 0 Å². The number of halogens is 1. The Morgan fingerprint density at radius 3 is 2.85 bits per heavy atom. The Morgan fingerprint density at radius 2 is 2.20 bits per heavy atom. The smallest absolute Gasteiger partial charge is 0.253 e. The minimum atomic E-state index is -0.231. The molecule has 2 rings (SSSR count). The topological polar surface area (TPSA) is 66.9 Å². The van der Waals surface area contributed by atoms with Crippen molar-refractivity contribution in [2.75, 3.05) is 12.4 Å². The maximum absolute atomic E-state index is 12.0. The van der Waals surface area contributed by atoms with Crippen LogP contribution in [0, 0.1) is 6.92 Å². The predicted molar refractivity (Wildman–Crippen MR) is 78.9 cm³/mol. The van der Waals surface area contributed by atoms with Crippen molar-refractivity contribution in [3.8, 4) is 0 Å². The number of aryl methyl sites for hydroxylation is 1. The minimum Gasteiger partial charge on any atom is -0.372 e. The second-order valence-electron chi connectivity index (χ2n) is 4.26. The average Bonchev–Trinajstić information content (AvgIpc) is 2.44. The van der Waals surface area contributed by atoms with Gasteiger partial charge < -0.3 is 10.6 Å². The van der Waals surface area contributed by atoms with E-state index < -0.39 is 0 Å². The normalized spacial score (nSPS) is 10.2. The Labute approximate surface area is 122 Å². The number of nitrogens with zero attached hydrogens (tertiary/aromatic N) is 2. The van der Waals surface area contributed by atoms with E-state index in [-0.39, 0.29) is 5.91 Å². The first kappa shape index (κ1) is 14.3. The Balaban J connectivity index is 2.03. The van der Waals surface area contributed by atoms with Crippen molar-refractivity contribution in [2.24, 2.45) is 0 Å². The van der Waals surface area contributed by atoms with E-state index in [0.717, 1.165) is 11.4 Å². The lowest BCUT2D eigenvalue weighted by molar-refractivity contribution is 0.0950. The largest absolute Gasteiger partial charge is 0.372 e. The van der Waals surface area contributed by atoms with Gasteiger partial charge in [0.25, 0.3) is 5.91 Å². The van der Waals surface area contributed by atoms with Gasteiger partial charge in [0.1, 0.15) is 5.82 Å². The van der Waals surface area contributed by atoms with Gasteiger partial charge in [0.15, 0.2) is 0 Å². The maximum atomic E-state index is 12.0. The molecule has 0 aliphatic heterocycles. The van der Waals surface area contributed by atoms with Crippen molar-refractivity contribution in [3.63, 3.8) is 0 Å². The first-order valence-electron chi connectivity index (χ1n) is 6.14. The molecule has 0 atom stereocenters. The Morgan fingerprint density at radius 1 is 1.40 bits per heavy atom. The fraction of sp³-hybridized carbons (Fsp3) is 0.214. The summed E-state index contributed by atoms with van der Waals surface area (Å²) in [6.45, 7) is 2.28. The second-order valence-corrected chi connectivity index (χ2v) is 4.66. The molecule has 0 saturated carbocycles.